The van der Waals surface area contributed by atoms with Crippen LogP contribution >= 0.6 is 0 Å². The lowest BCUT2D eigenvalue weighted by Crippen LogP contribution is -2.40. The SMILES string of the molecule is CCCN1CCC(Nc2nccn(C(C)C)c2=O)CC1. The van der Waals surface area contributed by atoms with E-state index in [-0.39, 0.29) is 11.6 Å². The Labute approximate surface area is 121 Å². The lowest BCUT2D eigenvalue weighted by atomic mass is 10.0. The normalized spacial score (nSPS) is 17.6. The number of piperidine rings is 1. The second kappa shape index (κ2) is 6.88. The topological polar surface area (TPSA) is 50.2 Å². The molecule has 1 N–H and O–H groups in total. The van der Waals surface area contributed by atoms with Crippen LogP contribution < -0.4 is 10.9 Å². The summed E-state index contributed by atoms with van der Waals surface area (Å²) < 4.78 is 1.72. The summed E-state index contributed by atoms with van der Waals surface area (Å²) in [5, 5.41) is 3.34. The van der Waals surface area contributed by atoms with Crippen LogP contribution in [0.4, 0.5) is 5.82 Å². The van der Waals surface area contributed by atoms with E-state index in [1.54, 1.807) is 17.0 Å². The van der Waals surface area contributed by atoms with Crippen LogP contribution in [0.15, 0.2) is 17.2 Å². The summed E-state index contributed by atoms with van der Waals surface area (Å²) in [6, 6.07) is 0.531. The van der Waals surface area contributed by atoms with Gasteiger partial charge in [0, 0.05) is 37.6 Å². The fourth-order valence-corrected chi connectivity index (χ4v) is 2.74. The standard InChI is InChI=1S/C15H26N4O/c1-4-8-18-9-5-13(6-10-18)17-14-15(20)19(12(2)3)11-7-16-14/h7,11-13H,4-6,8-10H2,1-3H3,(H,16,17). The van der Waals surface area contributed by atoms with Gasteiger partial charge in [-0.25, -0.2) is 4.98 Å². The fourth-order valence-electron chi connectivity index (χ4n) is 2.74. The fraction of sp³-hybridized carbons (Fsp3) is 0.733. The van der Waals surface area contributed by atoms with Crippen LogP contribution in [0.3, 0.4) is 0 Å². The highest BCUT2D eigenvalue weighted by molar-refractivity contribution is 5.32. The quantitative estimate of drug-likeness (QED) is 0.896. The van der Waals surface area contributed by atoms with Gasteiger partial charge in [-0.1, -0.05) is 6.92 Å². The number of nitrogens with zero attached hydrogens (tertiary/aromatic N) is 3. The van der Waals surface area contributed by atoms with Gasteiger partial charge >= 0.3 is 0 Å². The minimum absolute atomic E-state index is 0.0153. The summed E-state index contributed by atoms with van der Waals surface area (Å²) in [5.74, 6) is 0.496. The molecule has 1 aliphatic heterocycles. The van der Waals surface area contributed by atoms with E-state index in [1.807, 2.05) is 13.8 Å². The highest BCUT2D eigenvalue weighted by Gasteiger charge is 2.20. The van der Waals surface area contributed by atoms with Gasteiger partial charge in [0.1, 0.15) is 0 Å². The molecule has 0 bridgehead atoms. The van der Waals surface area contributed by atoms with Crippen molar-refractivity contribution >= 4 is 5.82 Å². The van der Waals surface area contributed by atoms with Gasteiger partial charge in [0.25, 0.3) is 5.56 Å². The minimum Gasteiger partial charge on any atom is -0.363 e. The molecule has 0 aliphatic carbocycles. The number of rotatable bonds is 5. The number of likely N-dealkylation sites (tertiary alicyclic amines) is 1. The summed E-state index contributed by atoms with van der Waals surface area (Å²) in [5.41, 5.74) is -0.0153. The van der Waals surface area contributed by atoms with E-state index in [0.29, 0.717) is 11.9 Å². The Kier molecular flexibility index (Phi) is 5.17. The molecule has 0 radical (unpaired) electrons. The Balaban J connectivity index is 1.98. The van der Waals surface area contributed by atoms with Crippen molar-refractivity contribution < 1.29 is 0 Å². The Morgan fingerprint density at radius 1 is 1.40 bits per heavy atom. The number of aromatic nitrogens is 2. The van der Waals surface area contributed by atoms with Crippen LogP contribution in [0.2, 0.25) is 0 Å². The van der Waals surface area contributed by atoms with E-state index in [1.165, 1.54) is 13.0 Å². The van der Waals surface area contributed by atoms with Crippen molar-refractivity contribution in [3.8, 4) is 0 Å². The van der Waals surface area contributed by atoms with Crippen LogP contribution in [-0.4, -0.2) is 40.1 Å². The predicted molar refractivity (Wildman–Crippen MR) is 82.3 cm³/mol. The van der Waals surface area contributed by atoms with Gasteiger partial charge in [0.15, 0.2) is 5.82 Å². The zero-order valence-electron chi connectivity index (χ0n) is 12.8. The third-order valence-electron chi connectivity index (χ3n) is 3.89. The van der Waals surface area contributed by atoms with E-state index in [9.17, 15) is 4.79 Å². The summed E-state index contributed by atoms with van der Waals surface area (Å²) in [6.45, 7) is 9.62. The molecule has 1 fully saturated rings. The molecule has 1 aromatic rings. The molecule has 0 amide bonds. The Bertz CT molecular complexity index is 475. The van der Waals surface area contributed by atoms with Gasteiger partial charge in [0.2, 0.25) is 0 Å². The molecule has 0 saturated carbocycles. The Hall–Kier alpha value is -1.36. The molecule has 5 nitrogen and oxygen atoms in total. The molecule has 112 valence electrons. The largest absolute Gasteiger partial charge is 0.363 e. The molecule has 0 spiro atoms. The first-order valence-corrected chi connectivity index (χ1v) is 7.67. The van der Waals surface area contributed by atoms with Crippen LogP contribution in [-0.2, 0) is 0 Å². The van der Waals surface area contributed by atoms with Gasteiger partial charge in [-0.15, -0.1) is 0 Å². The average molecular weight is 278 g/mol. The third-order valence-corrected chi connectivity index (χ3v) is 3.89. The van der Waals surface area contributed by atoms with E-state index in [4.69, 9.17) is 0 Å². The first-order chi connectivity index (χ1) is 9.61. The van der Waals surface area contributed by atoms with Gasteiger partial charge in [-0.3, -0.25) is 4.79 Å². The molecule has 1 saturated heterocycles. The molecule has 0 aromatic carbocycles. The minimum atomic E-state index is -0.0153. The molecule has 1 aliphatic rings. The van der Waals surface area contributed by atoms with Crippen molar-refractivity contribution in [2.75, 3.05) is 25.0 Å². The molecule has 1 aromatic heterocycles. The lowest BCUT2D eigenvalue weighted by molar-refractivity contribution is 0.219. The smallest absolute Gasteiger partial charge is 0.293 e. The van der Waals surface area contributed by atoms with Crippen LogP contribution in [0, 0.1) is 0 Å². The van der Waals surface area contributed by atoms with Gasteiger partial charge in [-0.2, -0.15) is 0 Å². The number of nitrogens with one attached hydrogen (secondary N) is 1. The summed E-state index contributed by atoms with van der Waals surface area (Å²) in [4.78, 5) is 19.0. The second-order valence-corrected chi connectivity index (χ2v) is 5.84. The molecule has 20 heavy (non-hydrogen) atoms. The van der Waals surface area contributed by atoms with Crippen LogP contribution in [0.5, 0.6) is 0 Å². The maximum Gasteiger partial charge on any atom is 0.293 e. The van der Waals surface area contributed by atoms with Gasteiger partial charge in [-0.05, 0) is 39.7 Å². The Morgan fingerprint density at radius 2 is 2.10 bits per heavy atom. The van der Waals surface area contributed by atoms with Crippen molar-refractivity contribution in [1.82, 2.24) is 14.5 Å². The van der Waals surface area contributed by atoms with Crippen molar-refractivity contribution in [3.05, 3.63) is 22.7 Å². The lowest BCUT2D eigenvalue weighted by Gasteiger charge is -2.32. The molecule has 5 heteroatoms. The van der Waals surface area contributed by atoms with Crippen LogP contribution in [0.1, 0.15) is 46.1 Å². The van der Waals surface area contributed by atoms with E-state index < -0.39 is 0 Å². The van der Waals surface area contributed by atoms with Crippen molar-refractivity contribution in [2.24, 2.45) is 0 Å². The molecule has 2 heterocycles. The van der Waals surface area contributed by atoms with Crippen molar-refractivity contribution in [2.45, 2.75) is 52.1 Å². The molecule has 0 unspecified atom stereocenters. The highest BCUT2D eigenvalue weighted by atomic mass is 16.1. The zero-order valence-corrected chi connectivity index (χ0v) is 12.8. The number of anilines is 1. The van der Waals surface area contributed by atoms with Gasteiger partial charge in [0.05, 0.1) is 0 Å². The number of hydrogen-bond donors (Lipinski definition) is 1. The first kappa shape index (κ1) is 15.0. The zero-order chi connectivity index (χ0) is 14.5. The molecule has 0 atom stereocenters. The van der Waals surface area contributed by atoms with E-state index in [2.05, 4.69) is 22.1 Å². The summed E-state index contributed by atoms with van der Waals surface area (Å²) >= 11 is 0. The average Bonchev–Trinajstić information content (AvgIpc) is 2.43. The van der Waals surface area contributed by atoms with E-state index in [0.717, 1.165) is 25.9 Å². The Morgan fingerprint density at radius 3 is 2.70 bits per heavy atom. The van der Waals surface area contributed by atoms with Crippen molar-refractivity contribution in [1.29, 1.82) is 0 Å². The number of hydrogen-bond acceptors (Lipinski definition) is 4. The third kappa shape index (κ3) is 3.60. The van der Waals surface area contributed by atoms with E-state index >= 15 is 0 Å². The summed E-state index contributed by atoms with van der Waals surface area (Å²) in [6.07, 6.45) is 6.82. The predicted octanol–water partition coefficient (Wildman–Crippen LogP) is 2.11. The molecular weight excluding hydrogens is 252 g/mol. The van der Waals surface area contributed by atoms with Crippen molar-refractivity contribution in [3.63, 3.8) is 0 Å². The maximum absolute atomic E-state index is 12.3. The molecule has 2 rings (SSSR count). The summed E-state index contributed by atoms with van der Waals surface area (Å²) in [7, 11) is 0. The van der Waals surface area contributed by atoms with Crippen LogP contribution in [0.25, 0.3) is 0 Å². The highest BCUT2D eigenvalue weighted by Crippen LogP contribution is 2.14. The molecular formula is C15H26N4O. The van der Waals surface area contributed by atoms with Gasteiger partial charge < -0.3 is 14.8 Å². The second-order valence-electron chi connectivity index (χ2n) is 5.84. The maximum atomic E-state index is 12.3. The monoisotopic (exact) mass is 278 g/mol. The first-order valence-electron chi connectivity index (χ1n) is 7.67.